The summed E-state index contributed by atoms with van der Waals surface area (Å²) in [4.78, 5) is 14.0. The predicted octanol–water partition coefficient (Wildman–Crippen LogP) is 3.20. The Balaban J connectivity index is 2.19. The minimum absolute atomic E-state index is 0.0100. The summed E-state index contributed by atoms with van der Waals surface area (Å²) in [5.74, 6) is 0.156. The fourth-order valence-corrected chi connectivity index (χ4v) is 2.82. The Morgan fingerprint density at radius 3 is 2.68 bits per heavy atom. The zero-order chi connectivity index (χ0) is 16.3. The average Bonchev–Trinajstić information content (AvgIpc) is 2.84. The molecule has 1 atom stereocenters. The largest absolute Gasteiger partial charge is 0.340 e. The van der Waals surface area contributed by atoms with Crippen LogP contribution in [-0.2, 0) is 11.3 Å². The summed E-state index contributed by atoms with van der Waals surface area (Å²) >= 11 is 1.57. The fraction of sp³-hybridized carbons (Fsp3) is 0.412. The van der Waals surface area contributed by atoms with E-state index in [1.54, 1.807) is 16.7 Å². The molecule has 22 heavy (non-hydrogen) atoms. The molecule has 2 aromatic rings. The van der Waals surface area contributed by atoms with E-state index in [4.69, 9.17) is 0 Å². The number of nitrogens with zero attached hydrogens (tertiary/aromatic N) is 3. The normalized spacial score (nSPS) is 12.2. The Kier molecular flexibility index (Phi) is 5.29. The Morgan fingerprint density at radius 2 is 2.09 bits per heavy atom. The summed E-state index contributed by atoms with van der Waals surface area (Å²) in [6.07, 6.45) is 1.96. The third kappa shape index (κ3) is 3.71. The first kappa shape index (κ1) is 16.6. The van der Waals surface area contributed by atoms with E-state index in [-0.39, 0.29) is 11.2 Å². The zero-order valence-corrected chi connectivity index (χ0v) is 14.6. The van der Waals surface area contributed by atoms with Gasteiger partial charge in [-0.25, -0.2) is 4.68 Å². The number of rotatable bonds is 5. The van der Waals surface area contributed by atoms with Gasteiger partial charge in [-0.15, -0.1) is 0 Å². The number of carbonyl (C=O) groups excluding carboxylic acids is 1. The van der Waals surface area contributed by atoms with Gasteiger partial charge in [0.25, 0.3) is 0 Å². The third-order valence-corrected chi connectivity index (χ3v) is 4.57. The first-order valence-corrected chi connectivity index (χ1v) is 8.61. The number of aromatic nitrogens is 2. The van der Waals surface area contributed by atoms with Crippen LogP contribution in [0.4, 0.5) is 0 Å². The van der Waals surface area contributed by atoms with Crippen LogP contribution in [0, 0.1) is 13.8 Å². The van der Waals surface area contributed by atoms with Crippen molar-refractivity contribution < 1.29 is 4.79 Å². The van der Waals surface area contributed by atoms with Crippen molar-refractivity contribution in [1.29, 1.82) is 0 Å². The lowest BCUT2D eigenvalue weighted by atomic mass is 10.2. The van der Waals surface area contributed by atoms with E-state index >= 15 is 0 Å². The van der Waals surface area contributed by atoms with E-state index in [0.29, 0.717) is 6.54 Å². The highest BCUT2D eigenvalue weighted by Crippen LogP contribution is 2.16. The molecule has 5 heteroatoms. The molecule has 0 aliphatic heterocycles. The number of amides is 1. The van der Waals surface area contributed by atoms with Crippen molar-refractivity contribution in [1.82, 2.24) is 14.7 Å². The lowest BCUT2D eigenvalue weighted by Crippen LogP contribution is -2.32. The molecular weight excluding hydrogens is 294 g/mol. The van der Waals surface area contributed by atoms with Crippen molar-refractivity contribution in [3.63, 3.8) is 0 Å². The van der Waals surface area contributed by atoms with Gasteiger partial charge in [0.05, 0.1) is 16.6 Å². The molecule has 1 aromatic carbocycles. The van der Waals surface area contributed by atoms with Crippen LogP contribution in [-0.4, -0.2) is 39.1 Å². The van der Waals surface area contributed by atoms with Crippen LogP contribution in [0.3, 0.4) is 0 Å². The number of benzene rings is 1. The van der Waals surface area contributed by atoms with Gasteiger partial charge in [-0.2, -0.15) is 16.9 Å². The smallest absolute Gasteiger partial charge is 0.235 e. The van der Waals surface area contributed by atoms with Crippen LogP contribution >= 0.6 is 11.8 Å². The minimum Gasteiger partial charge on any atom is -0.340 e. The maximum absolute atomic E-state index is 12.2. The predicted molar refractivity (Wildman–Crippen MR) is 92.5 cm³/mol. The number of carbonyl (C=O) groups is 1. The van der Waals surface area contributed by atoms with Gasteiger partial charge in [-0.3, -0.25) is 4.79 Å². The molecule has 0 spiro atoms. The first-order chi connectivity index (χ1) is 10.4. The van der Waals surface area contributed by atoms with Gasteiger partial charge in [0.1, 0.15) is 0 Å². The molecule has 4 nitrogen and oxygen atoms in total. The molecule has 0 radical (unpaired) electrons. The van der Waals surface area contributed by atoms with E-state index in [1.807, 2.05) is 57.0 Å². The Labute approximate surface area is 136 Å². The molecular formula is C17H23N3OS. The van der Waals surface area contributed by atoms with E-state index in [2.05, 4.69) is 17.2 Å². The molecule has 0 saturated carbocycles. The summed E-state index contributed by atoms with van der Waals surface area (Å²) in [5, 5.41) is 4.50. The van der Waals surface area contributed by atoms with Crippen LogP contribution < -0.4 is 0 Å². The van der Waals surface area contributed by atoms with Gasteiger partial charge in [0.15, 0.2) is 0 Å². The van der Waals surface area contributed by atoms with Gasteiger partial charge in [0.2, 0.25) is 5.91 Å². The second-order valence-corrected chi connectivity index (χ2v) is 6.76. The molecule has 0 fully saturated rings. The van der Waals surface area contributed by atoms with E-state index in [9.17, 15) is 4.79 Å². The molecule has 0 aliphatic rings. The average molecular weight is 317 g/mol. The quantitative estimate of drug-likeness (QED) is 0.850. The van der Waals surface area contributed by atoms with Crippen molar-refractivity contribution >= 4 is 17.7 Å². The van der Waals surface area contributed by atoms with E-state index < -0.39 is 0 Å². The second-order valence-electron chi connectivity index (χ2n) is 5.58. The van der Waals surface area contributed by atoms with Crippen LogP contribution in [0.5, 0.6) is 0 Å². The monoisotopic (exact) mass is 317 g/mol. The van der Waals surface area contributed by atoms with Crippen LogP contribution in [0.15, 0.2) is 30.3 Å². The molecule has 0 N–H and O–H groups in total. The summed E-state index contributed by atoms with van der Waals surface area (Å²) in [6.45, 7) is 6.58. The Morgan fingerprint density at radius 1 is 1.36 bits per heavy atom. The topological polar surface area (TPSA) is 38.1 Å². The maximum Gasteiger partial charge on any atom is 0.235 e. The van der Waals surface area contributed by atoms with Crippen molar-refractivity contribution in [2.24, 2.45) is 0 Å². The van der Waals surface area contributed by atoms with E-state index in [0.717, 1.165) is 22.6 Å². The number of hydrogen-bond acceptors (Lipinski definition) is 3. The van der Waals surface area contributed by atoms with Crippen LogP contribution in [0.1, 0.15) is 23.9 Å². The van der Waals surface area contributed by atoms with Crippen molar-refractivity contribution in [2.75, 3.05) is 13.3 Å². The standard InChI is InChI=1S/C17H23N3OS/c1-12-9-13(2)20(18-12)16-8-6-7-15(10-16)11-19(4)17(21)14(3)22-5/h6-10,14H,11H2,1-5H3/t14-/m0/s1. The fourth-order valence-electron chi connectivity index (χ4n) is 2.44. The maximum atomic E-state index is 12.2. The Bertz CT molecular complexity index is 666. The first-order valence-electron chi connectivity index (χ1n) is 7.32. The van der Waals surface area contributed by atoms with Gasteiger partial charge in [0, 0.05) is 19.3 Å². The third-order valence-electron chi connectivity index (χ3n) is 3.66. The molecule has 0 aliphatic carbocycles. The van der Waals surface area contributed by atoms with Gasteiger partial charge in [-0.05, 0) is 50.8 Å². The summed E-state index contributed by atoms with van der Waals surface area (Å²) in [6, 6.07) is 10.2. The van der Waals surface area contributed by atoms with Gasteiger partial charge in [-0.1, -0.05) is 12.1 Å². The highest BCUT2D eigenvalue weighted by atomic mass is 32.2. The van der Waals surface area contributed by atoms with Crippen LogP contribution in [0.25, 0.3) is 5.69 Å². The number of aryl methyl sites for hydroxylation is 2. The highest BCUT2D eigenvalue weighted by molar-refractivity contribution is 7.99. The number of hydrogen-bond donors (Lipinski definition) is 0. The molecule has 0 bridgehead atoms. The molecule has 1 amide bonds. The number of thioether (sulfide) groups is 1. The lowest BCUT2D eigenvalue weighted by Gasteiger charge is -2.20. The molecule has 0 saturated heterocycles. The molecule has 0 unspecified atom stereocenters. The molecule has 1 aromatic heterocycles. The van der Waals surface area contributed by atoms with Crippen LogP contribution in [0.2, 0.25) is 0 Å². The van der Waals surface area contributed by atoms with Crippen molar-refractivity contribution in [3.05, 3.63) is 47.3 Å². The highest BCUT2D eigenvalue weighted by Gasteiger charge is 2.16. The second kappa shape index (κ2) is 7.01. The molecule has 1 heterocycles. The zero-order valence-electron chi connectivity index (χ0n) is 13.8. The summed E-state index contributed by atoms with van der Waals surface area (Å²) in [7, 11) is 1.85. The SMILES string of the molecule is CS[C@@H](C)C(=O)N(C)Cc1cccc(-n2nc(C)cc2C)c1. The lowest BCUT2D eigenvalue weighted by molar-refractivity contribution is -0.129. The van der Waals surface area contributed by atoms with Gasteiger partial charge >= 0.3 is 0 Å². The minimum atomic E-state index is -0.0100. The van der Waals surface area contributed by atoms with Gasteiger partial charge < -0.3 is 4.90 Å². The summed E-state index contributed by atoms with van der Waals surface area (Å²) < 4.78 is 1.94. The Hall–Kier alpha value is -1.75. The summed E-state index contributed by atoms with van der Waals surface area (Å²) in [5.41, 5.74) is 4.25. The van der Waals surface area contributed by atoms with Crippen molar-refractivity contribution in [3.8, 4) is 5.69 Å². The van der Waals surface area contributed by atoms with Crippen molar-refractivity contribution in [2.45, 2.75) is 32.6 Å². The van der Waals surface area contributed by atoms with E-state index in [1.165, 1.54) is 0 Å². The molecule has 2 rings (SSSR count). The molecule has 118 valence electrons.